The molecule has 0 aliphatic heterocycles. The molecule has 25 heavy (non-hydrogen) atoms. The van der Waals surface area contributed by atoms with Crippen molar-refractivity contribution >= 4 is 35.1 Å². The average molecular weight is 382 g/mol. The van der Waals surface area contributed by atoms with Gasteiger partial charge in [-0.05, 0) is 48.2 Å². The zero-order valence-corrected chi connectivity index (χ0v) is 15.9. The molecule has 0 fully saturated rings. The standard InChI is InChI=1S/C15H19N4O4PS/c1-4-21-24(25,22-5-2)23-10-12-9-11-7-6-8-13(20-3)14(11)19-15(12)16-17-18-19/h6-9H,4-5,10H2,1-3H3. The number of pyridine rings is 1. The van der Waals surface area contributed by atoms with Gasteiger partial charge < -0.3 is 18.3 Å². The van der Waals surface area contributed by atoms with Crippen LogP contribution >= 0.6 is 6.72 Å². The lowest BCUT2D eigenvalue weighted by molar-refractivity contribution is 0.161. The van der Waals surface area contributed by atoms with E-state index >= 15 is 0 Å². The second-order valence-corrected chi connectivity index (χ2v) is 8.05. The third kappa shape index (κ3) is 3.65. The molecule has 0 radical (unpaired) electrons. The van der Waals surface area contributed by atoms with Crippen LogP contribution in [-0.2, 0) is 32.0 Å². The Morgan fingerprint density at radius 2 is 1.92 bits per heavy atom. The van der Waals surface area contributed by atoms with Crippen molar-refractivity contribution in [3.8, 4) is 5.75 Å². The first-order valence-corrected chi connectivity index (χ1v) is 10.4. The molecule has 0 saturated carbocycles. The summed E-state index contributed by atoms with van der Waals surface area (Å²) in [6, 6.07) is 7.70. The van der Waals surface area contributed by atoms with Crippen LogP contribution in [0.15, 0.2) is 24.3 Å². The highest BCUT2D eigenvalue weighted by Crippen LogP contribution is 2.50. The van der Waals surface area contributed by atoms with E-state index < -0.39 is 6.72 Å². The van der Waals surface area contributed by atoms with Crippen LogP contribution in [0.25, 0.3) is 16.6 Å². The van der Waals surface area contributed by atoms with Crippen molar-refractivity contribution in [1.29, 1.82) is 0 Å². The van der Waals surface area contributed by atoms with E-state index in [9.17, 15) is 0 Å². The molecule has 10 heteroatoms. The largest absolute Gasteiger partial charge is 0.494 e. The summed E-state index contributed by atoms with van der Waals surface area (Å²) < 4.78 is 23.9. The van der Waals surface area contributed by atoms with Gasteiger partial charge in [0.1, 0.15) is 11.3 Å². The van der Waals surface area contributed by atoms with Gasteiger partial charge in [-0.15, -0.1) is 5.10 Å². The van der Waals surface area contributed by atoms with Crippen molar-refractivity contribution in [2.75, 3.05) is 20.3 Å². The number of rotatable bonds is 8. The lowest BCUT2D eigenvalue weighted by Gasteiger charge is -2.20. The maximum Gasteiger partial charge on any atom is 0.327 e. The van der Waals surface area contributed by atoms with Crippen LogP contribution in [0.5, 0.6) is 5.75 Å². The highest BCUT2D eigenvalue weighted by atomic mass is 32.5. The summed E-state index contributed by atoms with van der Waals surface area (Å²) in [4.78, 5) is 0. The van der Waals surface area contributed by atoms with Gasteiger partial charge >= 0.3 is 6.72 Å². The molecule has 0 amide bonds. The lowest BCUT2D eigenvalue weighted by atomic mass is 10.1. The number of para-hydroxylation sites is 1. The van der Waals surface area contributed by atoms with E-state index in [1.165, 1.54) is 0 Å². The Balaban J connectivity index is 2.02. The van der Waals surface area contributed by atoms with E-state index in [0.717, 1.165) is 16.5 Å². The second kappa shape index (κ2) is 7.72. The van der Waals surface area contributed by atoms with Crippen LogP contribution in [0.2, 0.25) is 0 Å². The van der Waals surface area contributed by atoms with E-state index in [0.29, 0.717) is 24.6 Å². The number of nitrogens with zero attached hydrogens (tertiary/aromatic N) is 4. The van der Waals surface area contributed by atoms with Crippen LogP contribution in [-0.4, -0.2) is 40.4 Å². The fourth-order valence-electron chi connectivity index (χ4n) is 2.52. The quantitative estimate of drug-likeness (QED) is 0.550. The fourth-order valence-corrected chi connectivity index (χ4v) is 4.46. The Morgan fingerprint density at radius 1 is 1.16 bits per heavy atom. The molecule has 2 heterocycles. The number of benzene rings is 1. The van der Waals surface area contributed by atoms with Crippen LogP contribution in [0.1, 0.15) is 19.4 Å². The van der Waals surface area contributed by atoms with Crippen molar-refractivity contribution in [2.24, 2.45) is 0 Å². The molecule has 0 aliphatic rings. The van der Waals surface area contributed by atoms with Gasteiger partial charge in [-0.1, -0.05) is 12.1 Å². The predicted molar refractivity (Wildman–Crippen MR) is 97.2 cm³/mol. The molecule has 0 aliphatic carbocycles. The van der Waals surface area contributed by atoms with Crippen LogP contribution in [0.4, 0.5) is 0 Å². The summed E-state index contributed by atoms with van der Waals surface area (Å²) in [5, 5.41) is 12.9. The van der Waals surface area contributed by atoms with Gasteiger partial charge in [0.2, 0.25) is 0 Å². The number of fused-ring (bicyclic) bond motifs is 3. The monoisotopic (exact) mass is 382 g/mol. The van der Waals surface area contributed by atoms with Gasteiger partial charge in [-0.2, -0.15) is 4.52 Å². The van der Waals surface area contributed by atoms with Crippen LogP contribution in [0, 0.1) is 0 Å². The highest BCUT2D eigenvalue weighted by molar-refractivity contribution is 8.07. The SMILES string of the molecule is CCOP(=S)(OCC)OCc1cc2cccc(OC)c2n2nnnc12. The molecule has 134 valence electrons. The second-order valence-electron chi connectivity index (χ2n) is 5.04. The Bertz CT molecular complexity index is 922. The Morgan fingerprint density at radius 3 is 2.60 bits per heavy atom. The first-order valence-electron chi connectivity index (χ1n) is 7.82. The summed E-state index contributed by atoms with van der Waals surface area (Å²) >= 11 is 5.40. The maximum absolute atomic E-state index is 5.82. The molecule has 0 spiro atoms. The van der Waals surface area contributed by atoms with Gasteiger partial charge in [-0.3, -0.25) is 0 Å². The van der Waals surface area contributed by atoms with Crippen molar-refractivity contribution in [2.45, 2.75) is 20.5 Å². The average Bonchev–Trinajstić information content (AvgIpc) is 3.09. The van der Waals surface area contributed by atoms with Gasteiger partial charge in [-0.25, -0.2) is 0 Å². The molecule has 1 aromatic carbocycles. The Hall–Kier alpha value is -1.64. The minimum atomic E-state index is -2.79. The third-order valence-corrected chi connectivity index (χ3v) is 6.04. The molecular weight excluding hydrogens is 363 g/mol. The summed E-state index contributed by atoms with van der Waals surface area (Å²) in [6.07, 6.45) is 0. The minimum Gasteiger partial charge on any atom is -0.494 e. The Kier molecular flexibility index (Phi) is 5.61. The summed E-state index contributed by atoms with van der Waals surface area (Å²) in [7, 11) is 1.61. The normalized spacial score (nSPS) is 12.1. The fraction of sp³-hybridized carbons (Fsp3) is 0.400. The van der Waals surface area contributed by atoms with Crippen molar-refractivity contribution < 1.29 is 18.3 Å². The van der Waals surface area contributed by atoms with Gasteiger partial charge in [0.15, 0.2) is 5.65 Å². The van der Waals surface area contributed by atoms with E-state index in [1.807, 2.05) is 38.1 Å². The zero-order valence-electron chi connectivity index (χ0n) is 14.2. The maximum atomic E-state index is 5.82. The molecule has 3 aromatic rings. The smallest absolute Gasteiger partial charge is 0.327 e. The summed E-state index contributed by atoms with van der Waals surface area (Å²) in [5.74, 6) is 0.691. The summed E-state index contributed by atoms with van der Waals surface area (Å²) in [6.45, 7) is 1.96. The molecule has 0 unspecified atom stereocenters. The minimum absolute atomic E-state index is 0.189. The number of tetrazole rings is 1. The molecule has 0 N–H and O–H groups in total. The number of aromatic nitrogens is 4. The van der Waals surface area contributed by atoms with Crippen LogP contribution in [0.3, 0.4) is 0 Å². The van der Waals surface area contributed by atoms with Gasteiger partial charge in [0, 0.05) is 10.9 Å². The van der Waals surface area contributed by atoms with Crippen molar-refractivity contribution in [1.82, 2.24) is 20.0 Å². The highest BCUT2D eigenvalue weighted by Gasteiger charge is 2.21. The van der Waals surface area contributed by atoms with E-state index in [4.69, 9.17) is 30.1 Å². The molecule has 0 atom stereocenters. The van der Waals surface area contributed by atoms with E-state index in [-0.39, 0.29) is 6.61 Å². The molecule has 3 rings (SSSR count). The molecule has 0 saturated heterocycles. The first kappa shape index (κ1) is 18.2. The lowest BCUT2D eigenvalue weighted by Crippen LogP contribution is -2.03. The number of hydrogen-bond acceptors (Lipinski definition) is 8. The van der Waals surface area contributed by atoms with Crippen molar-refractivity contribution in [3.05, 3.63) is 29.8 Å². The number of methoxy groups -OCH3 is 1. The molecular formula is C15H19N4O4PS. The number of ether oxygens (including phenoxy) is 1. The topological polar surface area (TPSA) is 80.0 Å². The first-order chi connectivity index (χ1) is 12.1. The predicted octanol–water partition coefficient (Wildman–Crippen LogP) is 3.10. The number of hydrogen-bond donors (Lipinski definition) is 0. The van der Waals surface area contributed by atoms with E-state index in [2.05, 4.69) is 15.5 Å². The molecule has 2 aromatic heterocycles. The Labute approximate surface area is 150 Å². The molecule has 0 bridgehead atoms. The van der Waals surface area contributed by atoms with Crippen molar-refractivity contribution in [3.63, 3.8) is 0 Å². The van der Waals surface area contributed by atoms with E-state index in [1.54, 1.807) is 11.6 Å². The molecule has 8 nitrogen and oxygen atoms in total. The van der Waals surface area contributed by atoms with Gasteiger partial charge in [0.05, 0.1) is 26.9 Å². The zero-order chi connectivity index (χ0) is 17.9. The van der Waals surface area contributed by atoms with Gasteiger partial charge in [0.25, 0.3) is 0 Å². The third-order valence-electron chi connectivity index (χ3n) is 3.50. The van der Waals surface area contributed by atoms with Crippen LogP contribution < -0.4 is 4.74 Å². The summed E-state index contributed by atoms with van der Waals surface area (Å²) in [5.41, 5.74) is 2.16.